The summed E-state index contributed by atoms with van der Waals surface area (Å²) in [6, 6.07) is 5.89. The number of benzene rings is 1. The molecule has 5 nitrogen and oxygen atoms in total. The minimum atomic E-state index is -2.86. The third-order valence-corrected chi connectivity index (χ3v) is 3.47. The van der Waals surface area contributed by atoms with Gasteiger partial charge in [-0.2, -0.15) is 20.5 Å². The second-order valence-electron chi connectivity index (χ2n) is 4.60. The molecule has 3 N–H and O–H groups in total. The van der Waals surface area contributed by atoms with E-state index in [0.717, 1.165) is 18.8 Å². The van der Waals surface area contributed by atoms with Crippen LogP contribution in [-0.2, 0) is 0 Å². The Labute approximate surface area is 162 Å². The minimum absolute atomic E-state index is 0. The molecule has 0 heterocycles. The number of hydrogen-bond donors (Lipinski definition) is 3. The topological polar surface area (TPSA) is 65.9 Å². The van der Waals surface area contributed by atoms with Gasteiger partial charge in [0.25, 0.3) is 0 Å². The zero-order valence-electron chi connectivity index (χ0n) is 13.7. The molecule has 0 spiro atoms. The van der Waals surface area contributed by atoms with Crippen molar-refractivity contribution >= 4 is 41.7 Å². The van der Waals surface area contributed by atoms with E-state index in [1.54, 1.807) is 23.9 Å². The van der Waals surface area contributed by atoms with Crippen molar-refractivity contribution in [3.8, 4) is 5.75 Å². The van der Waals surface area contributed by atoms with Gasteiger partial charge in [0.15, 0.2) is 5.96 Å². The van der Waals surface area contributed by atoms with Gasteiger partial charge in [-0.1, -0.05) is 12.1 Å². The van der Waals surface area contributed by atoms with Crippen LogP contribution in [0, 0.1) is 0 Å². The third-order valence-electron chi connectivity index (χ3n) is 2.86. The molecule has 0 bridgehead atoms. The summed E-state index contributed by atoms with van der Waals surface area (Å²) in [4.78, 5) is 4.32. The Kier molecular flexibility index (Phi) is 13.0. The number of thioether (sulfide) groups is 1. The first-order chi connectivity index (χ1) is 11.1. The van der Waals surface area contributed by atoms with Crippen molar-refractivity contribution in [2.24, 2.45) is 4.99 Å². The molecule has 138 valence electrons. The van der Waals surface area contributed by atoms with Crippen LogP contribution in [0.3, 0.4) is 0 Å². The Bertz CT molecular complexity index is 478. The number of alkyl halides is 2. The van der Waals surface area contributed by atoms with Gasteiger partial charge in [0.1, 0.15) is 5.75 Å². The number of guanidine groups is 1. The number of hydrogen-bond acceptors (Lipinski definition) is 4. The van der Waals surface area contributed by atoms with Gasteiger partial charge < -0.3 is 20.5 Å². The SMILES string of the molecule is CCNC(=NCC(O)c1ccc(OC(F)F)cc1)NCCSC.I. The van der Waals surface area contributed by atoms with Crippen molar-refractivity contribution in [2.75, 3.05) is 31.6 Å². The molecule has 0 fully saturated rings. The molecule has 0 aliphatic carbocycles. The predicted octanol–water partition coefficient (Wildman–Crippen LogP) is 2.86. The summed E-state index contributed by atoms with van der Waals surface area (Å²) in [7, 11) is 0. The molecular formula is C15H24F2IN3O2S. The van der Waals surface area contributed by atoms with Crippen molar-refractivity contribution < 1.29 is 18.6 Å². The second-order valence-corrected chi connectivity index (χ2v) is 5.59. The highest BCUT2D eigenvalue weighted by Gasteiger charge is 2.09. The molecule has 0 radical (unpaired) electrons. The number of nitrogens with zero attached hydrogens (tertiary/aromatic N) is 1. The fourth-order valence-corrected chi connectivity index (χ4v) is 2.07. The van der Waals surface area contributed by atoms with E-state index in [-0.39, 0.29) is 36.3 Å². The fourth-order valence-electron chi connectivity index (χ4n) is 1.77. The van der Waals surface area contributed by atoms with Crippen molar-refractivity contribution in [3.63, 3.8) is 0 Å². The molecule has 0 saturated carbocycles. The summed E-state index contributed by atoms with van der Waals surface area (Å²) in [6.07, 6.45) is 1.21. The van der Waals surface area contributed by atoms with E-state index < -0.39 is 12.7 Å². The van der Waals surface area contributed by atoms with Crippen LogP contribution in [0.4, 0.5) is 8.78 Å². The summed E-state index contributed by atoms with van der Waals surface area (Å²) in [5.74, 6) is 1.66. The number of ether oxygens (including phenoxy) is 1. The van der Waals surface area contributed by atoms with E-state index in [0.29, 0.717) is 11.5 Å². The van der Waals surface area contributed by atoms with E-state index in [2.05, 4.69) is 20.4 Å². The number of halogens is 3. The monoisotopic (exact) mass is 475 g/mol. The summed E-state index contributed by atoms with van der Waals surface area (Å²) < 4.78 is 28.4. The maximum Gasteiger partial charge on any atom is 0.387 e. The lowest BCUT2D eigenvalue weighted by atomic mass is 10.1. The second kappa shape index (κ2) is 13.5. The molecule has 1 atom stereocenters. The molecule has 0 amide bonds. The van der Waals surface area contributed by atoms with Crippen molar-refractivity contribution in [3.05, 3.63) is 29.8 Å². The molecule has 0 aliphatic heterocycles. The zero-order chi connectivity index (χ0) is 17.1. The van der Waals surface area contributed by atoms with E-state index in [1.807, 2.05) is 13.2 Å². The van der Waals surface area contributed by atoms with E-state index in [1.165, 1.54) is 12.1 Å². The van der Waals surface area contributed by atoms with Gasteiger partial charge in [-0.25, -0.2) is 0 Å². The number of nitrogens with one attached hydrogen (secondary N) is 2. The lowest BCUT2D eigenvalue weighted by molar-refractivity contribution is -0.0498. The van der Waals surface area contributed by atoms with Crippen LogP contribution in [0.5, 0.6) is 5.75 Å². The average molecular weight is 475 g/mol. The molecule has 24 heavy (non-hydrogen) atoms. The smallest absolute Gasteiger partial charge is 0.387 e. The molecule has 0 aromatic heterocycles. The third kappa shape index (κ3) is 9.48. The first kappa shape index (κ1) is 23.2. The maximum atomic E-state index is 12.1. The molecule has 1 rings (SSSR count). The summed E-state index contributed by atoms with van der Waals surface area (Å²) in [5.41, 5.74) is 0.593. The lowest BCUT2D eigenvalue weighted by Gasteiger charge is -2.13. The first-order valence-corrected chi connectivity index (χ1v) is 8.70. The standard InChI is InChI=1S/C15H23F2N3O2S.HI/c1-3-18-15(19-8-9-23-2)20-10-13(21)11-4-6-12(7-5-11)22-14(16)17;/h4-7,13-14,21H,3,8-10H2,1-2H3,(H2,18,19,20);1H. The summed E-state index contributed by atoms with van der Waals surface area (Å²) in [5, 5.41) is 16.4. The largest absolute Gasteiger partial charge is 0.435 e. The molecule has 1 aromatic rings. The van der Waals surface area contributed by atoms with Gasteiger partial charge in [-0.3, -0.25) is 4.99 Å². The molecule has 9 heteroatoms. The molecular weight excluding hydrogens is 451 g/mol. The molecule has 1 aromatic carbocycles. The van der Waals surface area contributed by atoms with Crippen molar-refractivity contribution in [1.29, 1.82) is 0 Å². The van der Waals surface area contributed by atoms with Crippen LogP contribution >= 0.6 is 35.7 Å². The van der Waals surface area contributed by atoms with Crippen LogP contribution in [0.25, 0.3) is 0 Å². The first-order valence-electron chi connectivity index (χ1n) is 7.30. The van der Waals surface area contributed by atoms with Gasteiger partial charge in [-0.05, 0) is 30.9 Å². The van der Waals surface area contributed by atoms with Gasteiger partial charge in [0.05, 0.1) is 12.6 Å². The Morgan fingerprint density at radius 3 is 2.50 bits per heavy atom. The average Bonchev–Trinajstić information content (AvgIpc) is 2.52. The van der Waals surface area contributed by atoms with Gasteiger partial charge in [0.2, 0.25) is 0 Å². The number of aliphatic imine (C=N–C) groups is 1. The predicted molar refractivity (Wildman–Crippen MR) is 106 cm³/mol. The maximum absolute atomic E-state index is 12.1. The Morgan fingerprint density at radius 2 is 1.96 bits per heavy atom. The van der Waals surface area contributed by atoms with Crippen molar-refractivity contribution in [1.82, 2.24) is 10.6 Å². The molecule has 0 aliphatic rings. The number of aliphatic hydroxyl groups excluding tert-OH is 1. The van der Waals surface area contributed by atoms with Crippen LogP contribution in [0.15, 0.2) is 29.3 Å². The Hall–Kier alpha value is -0.810. The van der Waals surface area contributed by atoms with Crippen LogP contribution in [0.1, 0.15) is 18.6 Å². The number of rotatable bonds is 9. The quantitative estimate of drug-likeness (QED) is 0.222. The highest BCUT2D eigenvalue weighted by atomic mass is 127. The van der Waals surface area contributed by atoms with Crippen molar-refractivity contribution in [2.45, 2.75) is 19.6 Å². The van der Waals surface area contributed by atoms with Gasteiger partial charge in [0, 0.05) is 18.8 Å². The highest BCUT2D eigenvalue weighted by Crippen LogP contribution is 2.19. The Morgan fingerprint density at radius 1 is 1.29 bits per heavy atom. The van der Waals surface area contributed by atoms with E-state index >= 15 is 0 Å². The zero-order valence-corrected chi connectivity index (χ0v) is 16.8. The van der Waals surface area contributed by atoms with Gasteiger partial charge in [-0.15, -0.1) is 24.0 Å². The van der Waals surface area contributed by atoms with Crippen LogP contribution in [-0.4, -0.2) is 49.3 Å². The molecule has 0 saturated heterocycles. The summed E-state index contributed by atoms with van der Waals surface area (Å²) >= 11 is 1.73. The van der Waals surface area contributed by atoms with E-state index in [9.17, 15) is 13.9 Å². The highest BCUT2D eigenvalue weighted by molar-refractivity contribution is 14.0. The number of aliphatic hydroxyl groups is 1. The van der Waals surface area contributed by atoms with Gasteiger partial charge >= 0.3 is 6.61 Å². The fraction of sp³-hybridized carbons (Fsp3) is 0.533. The molecule has 1 unspecified atom stereocenters. The van der Waals surface area contributed by atoms with Crippen LogP contribution < -0.4 is 15.4 Å². The minimum Gasteiger partial charge on any atom is -0.435 e. The van der Waals surface area contributed by atoms with Crippen LogP contribution in [0.2, 0.25) is 0 Å². The Balaban J connectivity index is 0.00000529. The lowest BCUT2D eigenvalue weighted by Crippen LogP contribution is -2.38. The summed E-state index contributed by atoms with van der Waals surface area (Å²) in [6.45, 7) is 0.780. The van der Waals surface area contributed by atoms with E-state index in [4.69, 9.17) is 0 Å². The normalized spacial score (nSPS) is 12.5.